The van der Waals surface area contributed by atoms with E-state index < -0.39 is 20.9 Å². The molecule has 0 aromatic carbocycles. The van der Waals surface area contributed by atoms with E-state index in [1.807, 2.05) is 13.8 Å². The topological polar surface area (TPSA) is 50.3 Å². The Kier molecular flexibility index (Phi) is 3.93. The van der Waals surface area contributed by atoms with Crippen LogP contribution in [0.15, 0.2) is 23.4 Å². The molecule has 1 aliphatic heterocycles. The van der Waals surface area contributed by atoms with Gasteiger partial charge in [0.25, 0.3) is 10.0 Å². The Morgan fingerprint density at radius 3 is 2.89 bits per heavy atom. The van der Waals surface area contributed by atoms with Gasteiger partial charge in [-0.05, 0) is 19.1 Å². The van der Waals surface area contributed by atoms with Gasteiger partial charge in [0.1, 0.15) is 0 Å². The van der Waals surface area contributed by atoms with E-state index in [2.05, 4.69) is 4.98 Å². The molecule has 1 aromatic rings. The molecule has 0 aliphatic carbocycles. The molecule has 18 heavy (non-hydrogen) atoms. The molecule has 0 bridgehead atoms. The van der Waals surface area contributed by atoms with Crippen LogP contribution in [0.1, 0.15) is 13.8 Å². The Bertz CT molecular complexity index is 536. The summed E-state index contributed by atoms with van der Waals surface area (Å²) in [7, 11) is -3.84. The van der Waals surface area contributed by atoms with E-state index in [4.69, 9.17) is 0 Å². The average Bonchev–Trinajstić information content (AvgIpc) is 2.32. The highest BCUT2D eigenvalue weighted by atomic mass is 32.2. The SMILES string of the molecule is CC1SCCN(S(=O)(=O)c2ncccc2F)C1C. The first-order chi connectivity index (χ1) is 8.44. The van der Waals surface area contributed by atoms with Gasteiger partial charge < -0.3 is 0 Å². The third-order valence-corrected chi connectivity index (χ3v) is 6.36. The van der Waals surface area contributed by atoms with E-state index in [-0.39, 0.29) is 11.3 Å². The summed E-state index contributed by atoms with van der Waals surface area (Å²) in [5.41, 5.74) is 0. The lowest BCUT2D eigenvalue weighted by Crippen LogP contribution is -2.48. The van der Waals surface area contributed by atoms with Gasteiger partial charge >= 0.3 is 0 Å². The van der Waals surface area contributed by atoms with Crippen LogP contribution in [0.2, 0.25) is 0 Å². The second kappa shape index (κ2) is 5.14. The molecule has 0 radical (unpaired) electrons. The Hall–Kier alpha value is -0.660. The first-order valence-electron chi connectivity index (χ1n) is 5.68. The second-order valence-corrected chi connectivity index (χ2v) is 7.51. The van der Waals surface area contributed by atoms with E-state index in [0.29, 0.717) is 6.54 Å². The molecule has 1 saturated heterocycles. The van der Waals surface area contributed by atoms with Crippen molar-refractivity contribution < 1.29 is 12.8 Å². The van der Waals surface area contributed by atoms with Crippen molar-refractivity contribution in [2.24, 2.45) is 0 Å². The highest BCUT2D eigenvalue weighted by Crippen LogP contribution is 2.29. The molecule has 1 fully saturated rings. The van der Waals surface area contributed by atoms with E-state index in [1.165, 1.54) is 16.6 Å². The maximum Gasteiger partial charge on any atom is 0.263 e. The number of aromatic nitrogens is 1. The molecule has 2 rings (SSSR count). The Labute approximate surface area is 111 Å². The van der Waals surface area contributed by atoms with Gasteiger partial charge in [0.05, 0.1) is 0 Å². The van der Waals surface area contributed by atoms with Crippen LogP contribution in [0.5, 0.6) is 0 Å². The molecular weight excluding hydrogens is 275 g/mol. The van der Waals surface area contributed by atoms with E-state index in [0.717, 1.165) is 11.8 Å². The highest BCUT2D eigenvalue weighted by Gasteiger charge is 2.37. The molecule has 1 aromatic heterocycles. The van der Waals surface area contributed by atoms with Gasteiger partial charge in [0.2, 0.25) is 5.03 Å². The first kappa shape index (κ1) is 13.8. The van der Waals surface area contributed by atoms with Gasteiger partial charge in [-0.3, -0.25) is 0 Å². The van der Waals surface area contributed by atoms with Crippen molar-refractivity contribution in [2.75, 3.05) is 12.3 Å². The molecule has 1 aliphatic rings. The van der Waals surface area contributed by atoms with Crippen LogP contribution >= 0.6 is 11.8 Å². The minimum absolute atomic E-state index is 0.157. The third-order valence-electron chi connectivity index (χ3n) is 3.10. The van der Waals surface area contributed by atoms with Crippen LogP contribution in [0.4, 0.5) is 4.39 Å². The number of thioether (sulfide) groups is 1. The lowest BCUT2D eigenvalue weighted by atomic mass is 10.2. The standard InChI is InChI=1S/C11H15FN2O2S2/c1-8-9(2)17-7-6-14(8)18(15,16)11-10(12)4-3-5-13-11/h3-5,8-9H,6-7H2,1-2H3. The van der Waals surface area contributed by atoms with E-state index in [1.54, 1.807) is 11.8 Å². The fraction of sp³-hybridized carbons (Fsp3) is 0.545. The molecule has 4 nitrogen and oxygen atoms in total. The van der Waals surface area contributed by atoms with Crippen molar-refractivity contribution in [2.45, 2.75) is 30.2 Å². The minimum atomic E-state index is -3.84. The van der Waals surface area contributed by atoms with Crippen molar-refractivity contribution in [3.8, 4) is 0 Å². The summed E-state index contributed by atoms with van der Waals surface area (Å²) in [5.74, 6) is -0.0743. The number of nitrogens with zero attached hydrogens (tertiary/aromatic N) is 2. The van der Waals surface area contributed by atoms with Crippen molar-refractivity contribution in [3.63, 3.8) is 0 Å². The number of pyridine rings is 1. The quantitative estimate of drug-likeness (QED) is 0.832. The normalized spacial score (nSPS) is 26.2. The summed E-state index contributed by atoms with van der Waals surface area (Å²) in [6, 6.07) is 2.34. The molecule has 0 saturated carbocycles. The molecule has 0 amide bonds. The Balaban J connectivity index is 2.40. The molecule has 2 heterocycles. The molecule has 100 valence electrons. The maximum atomic E-state index is 13.6. The van der Waals surface area contributed by atoms with Gasteiger partial charge in [0, 0.05) is 29.8 Å². The predicted octanol–water partition coefficient (Wildman–Crippen LogP) is 1.74. The zero-order valence-electron chi connectivity index (χ0n) is 10.2. The fourth-order valence-corrected chi connectivity index (χ4v) is 4.89. The van der Waals surface area contributed by atoms with Gasteiger partial charge in [-0.1, -0.05) is 6.92 Å². The predicted molar refractivity (Wildman–Crippen MR) is 69.5 cm³/mol. The molecule has 7 heteroatoms. The number of hydrogen-bond donors (Lipinski definition) is 0. The van der Waals surface area contributed by atoms with Crippen LogP contribution in [-0.2, 0) is 10.0 Å². The molecular formula is C11H15FN2O2S2. The monoisotopic (exact) mass is 290 g/mol. The van der Waals surface area contributed by atoms with Gasteiger partial charge in [-0.15, -0.1) is 0 Å². The van der Waals surface area contributed by atoms with Crippen molar-refractivity contribution >= 4 is 21.8 Å². The minimum Gasteiger partial charge on any atom is -0.241 e. The zero-order chi connectivity index (χ0) is 13.3. The fourth-order valence-electron chi connectivity index (χ4n) is 1.92. The van der Waals surface area contributed by atoms with Gasteiger partial charge in [-0.25, -0.2) is 17.8 Å². The van der Waals surface area contributed by atoms with Crippen LogP contribution in [0.3, 0.4) is 0 Å². The maximum absolute atomic E-state index is 13.6. The van der Waals surface area contributed by atoms with Crippen molar-refractivity contribution in [1.82, 2.24) is 9.29 Å². The summed E-state index contributed by atoms with van der Waals surface area (Å²) in [5, 5.41) is -0.281. The lowest BCUT2D eigenvalue weighted by molar-refractivity contribution is 0.337. The number of rotatable bonds is 2. The second-order valence-electron chi connectivity index (χ2n) is 4.22. The summed E-state index contributed by atoms with van der Waals surface area (Å²) < 4.78 is 39.7. The number of halogens is 1. The Morgan fingerprint density at radius 2 is 2.22 bits per heavy atom. The first-order valence-corrected chi connectivity index (χ1v) is 8.17. The van der Waals surface area contributed by atoms with Crippen LogP contribution in [-0.4, -0.2) is 41.3 Å². The number of hydrogen-bond acceptors (Lipinski definition) is 4. The molecule has 2 unspecified atom stereocenters. The molecule has 2 atom stereocenters. The van der Waals surface area contributed by atoms with E-state index in [9.17, 15) is 12.8 Å². The Morgan fingerprint density at radius 1 is 1.50 bits per heavy atom. The van der Waals surface area contributed by atoms with E-state index >= 15 is 0 Å². The number of sulfonamides is 1. The van der Waals surface area contributed by atoms with Crippen LogP contribution in [0.25, 0.3) is 0 Å². The van der Waals surface area contributed by atoms with Gasteiger partial charge in [-0.2, -0.15) is 16.1 Å². The average molecular weight is 290 g/mol. The summed E-state index contributed by atoms with van der Waals surface area (Å²) in [6.07, 6.45) is 1.29. The highest BCUT2D eigenvalue weighted by molar-refractivity contribution is 8.00. The summed E-state index contributed by atoms with van der Waals surface area (Å²) in [4.78, 5) is 3.67. The molecule has 0 spiro atoms. The third kappa shape index (κ3) is 2.39. The summed E-state index contributed by atoms with van der Waals surface area (Å²) in [6.45, 7) is 4.22. The van der Waals surface area contributed by atoms with Crippen molar-refractivity contribution in [1.29, 1.82) is 0 Å². The van der Waals surface area contributed by atoms with Crippen LogP contribution < -0.4 is 0 Å². The van der Waals surface area contributed by atoms with Gasteiger partial charge in [0.15, 0.2) is 5.82 Å². The van der Waals surface area contributed by atoms with Crippen LogP contribution in [0, 0.1) is 5.82 Å². The summed E-state index contributed by atoms with van der Waals surface area (Å²) >= 11 is 1.73. The lowest BCUT2D eigenvalue weighted by Gasteiger charge is -2.36. The smallest absolute Gasteiger partial charge is 0.241 e. The zero-order valence-corrected chi connectivity index (χ0v) is 11.8. The molecule has 0 N–H and O–H groups in total. The largest absolute Gasteiger partial charge is 0.263 e. The van der Waals surface area contributed by atoms with Crippen molar-refractivity contribution in [3.05, 3.63) is 24.1 Å².